The molecule has 10 heteroatoms. The molecule has 0 radical (unpaired) electrons. The first-order valence-corrected chi connectivity index (χ1v) is 10.7. The molecule has 3 aromatic rings. The van der Waals surface area contributed by atoms with Crippen molar-refractivity contribution in [3.05, 3.63) is 70.5 Å². The first kappa shape index (κ1) is 19.2. The standard InChI is InChI=1S/C18H16Cl2N4O3S/c19-16-7-4-8-17(20)18(16)28(25,26)23-10-14(11-23)24-9-13(21-22-24)12-27-15-5-2-1-3-6-15/h1-9,14H,10-12H2. The maximum atomic E-state index is 12.8. The van der Waals surface area contributed by atoms with Crippen LogP contribution in [0.1, 0.15) is 11.7 Å². The SMILES string of the molecule is O=S(=O)(c1c(Cl)cccc1Cl)N1CC(n2cc(COc3ccccc3)nn2)C1. The fourth-order valence-corrected chi connectivity index (χ4v) is 5.48. The highest BCUT2D eigenvalue weighted by Crippen LogP contribution is 2.35. The van der Waals surface area contributed by atoms with Crippen LogP contribution >= 0.6 is 23.2 Å². The van der Waals surface area contributed by atoms with Crippen molar-refractivity contribution in [1.82, 2.24) is 19.3 Å². The van der Waals surface area contributed by atoms with Gasteiger partial charge in [0.1, 0.15) is 22.9 Å². The van der Waals surface area contributed by atoms with Crippen molar-refractivity contribution < 1.29 is 13.2 Å². The van der Waals surface area contributed by atoms with Crippen LogP contribution in [0.15, 0.2) is 59.6 Å². The van der Waals surface area contributed by atoms with Crippen LogP contribution < -0.4 is 4.74 Å². The summed E-state index contributed by atoms with van der Waals surface area (Å²) in [5, 5.41) is 8.39. The van der Waals surface area contributed by atoms with Crippen molar-refractivity contribution in [3.8, 4) is 5.75 Å². The van der Waals surface area contributed by atoms with Gasteiger partial charge in [-0.15, -0.1) is 5.10 Å². The predicted octanol–water partition coefficient (Wildman–Crippen LogP) is 3.41. The summed E-state index contributed by atoms with van der Waals surface area (Å²) in [6, 6.07) is 13.9. The average Bonchev–Trinajstić information content (AvgIpc) is 3.07. The van der Waals surface area contributed by atoms with Crippen LogP contribution in [0.2, 0.25) is 10.0 Å². The third kappa shape index (κ3) is 3.73. The van der Waals surface area contributed by atoms with Crippen LogP contribution in [-0.4, -0.2) is 40.8 Å². The molecule has 0 unspecified atom stereocenters. The molecule has 1 aliphatic heterocycles. The third-order valence-corrected chi connectivity index (χ3v) is 7.20. The maximum absolute atomic E-state index is 12.8. The molecule has 1 saturated heterocycles. The summed E-state index contributed by atoms with van der Waals surface area (Å²) in [6.45, 7) is 0.826. The first-order chi connectivity index (χ1) is 13.4. The fourth-order valence-electron chi connectivity index (χ4n) is 2.87. The molecule has 0 saturated carbocycles. The highest BCUT2D eigenvalue weighted by Gasteiger charge is 2.40. The van der Waals surface area contributed by atoms with Crippen LogP contribution in [0.5, 0.6) is 5.75 Å². The Morgan fingerprint density at radius 3 is 2.39 bits per heavy atom. The normalized spacial score (nSPS) is 15.4. The molecule has 0 amide bonds. The maximum Gasteiger partial charge on any atom is 0.246 e. The molecule has 1 aromatic heterocycles. The topological polar surface area (TPSA) is 77.3 Å². The second-order valence-corrected chi connectivity index (χ2v) is 9.01. The zero-order valence-electron chi connectivity index (χ0n) is 14.6. The van der Waals surface area contributed by atoms with E-state index in [9.17, 15) is 8.42 Å². The number of aromatic nitrogens is 3. The Hall–Kier alpha value is -2.13. The molecule has 2 heterocycles. The van der Waals surface area contributed by atoms with Gasteiger partial charge in [-0.05, 0) is 24.3 Å². The van der Waals surface area contributed by atoms with Gasteiger partial charge in [-0.2, -0.15) is 4.31 Å². The Morgan fingerprint density at radius 1 is 1.04 bits per heavy atom. The molecule has 7 nitrogen and oxygen atoms in total. The molecule has 1 fully saturated rings. The summed E-state index contributed by atoms with van der Waals surface area (Å²) in [6.07, 6.45) is 1.76. The molecule has 0 aliphatic carbocycles. The highest BCUT2D eigenvalue weighted by atomic mass is 35.5. The van der Waals surface area contributed by atoms with Gasteiger partial charge in [0.15, 0.2) is 0 Å². The second-order valence-electron chi connectivity index (χ2n) is 6.32. The van der Waals surface area contributed by atoms with E-state index in [4.69, 9.17) is 27.9 Å². The summed E-state index contributed by atoms with van der Waals surface area (Å²) < 4.78 is 34.2. The second kappa shape index (κ2) is 7.71. The molecule has 1 aliphatic rings. The minimum Gasteiger partial charge on any atom is -0.487 e. The Bertz CT molecular complexity index is 1060. The zero-order valence-corrected chi connectivity index (χ0v) is 16.9. The van der Waals surface area contributed by atoms with Gasteiger partial charge in [-0.3, -0.25) is 0 Å². The smallest absolute Gasteiger partial charge is 0.246 e. The summed E-state index contributed by atoms with van der Waals surface area (Å²) in [5.74, 6) is 0.745. The number of ether oxygens (including phenoxy) is 1. The number of halogens is 2. The minimum atomic E-state index is -3.76. The van der Waals surface area contributed by atoms with Crippen LogP contribution in [-0.2, 0) is 16.6 Å². The lowest BCUT2D eigenvalue weighted by Gasteiger charge is -2.37. The first-order valence-electron chi connectivity index (χ1n) is 8.48. The van der Waals surface area contributed by atoms with Gasteiger partial charge in [-0.25, -0.2) is 13.1 Å². The van der Waals surface area contributed by atoms with Crippen molar-refractivity contribution >= 4 is 33.2 Å². The van der Waals surface area contributed by atoms with Crippen LogP contribution in [0, 0.1) is 0 Å². The lowest BCUT2D eigenvalue weighted by Crippen LogP contribution is -2.50. The molecule has 0 N–H and O–H groups in total. The molecule has 0 spiro atoms. The average molecular weight is 439 g/mol. The van der Waals surface area contributed by atoms with E-state index >= 15 is 0 Å². The third-order valence-electron chi connectivity index (χ3n) is 4.41. The van der Waals surface area contributed by atoms with Crippen LogP contribution in [0.4, 0.5) is 0 Å². The molecular formula is C18H16Cl2N4O3S. The Kier molecular flexibility index (Phi) is 5.29. The molecule has 2 aromatic carbocycles. The van der Waals surface area contributed by atoms with E-state index in [1.54, 1.807) is 16.9 Å². The van der Waals surface area contributed by atoms with Crippen molar-refractivity contribution in [2.75, 3.05) is 13.1 Å². The number of nitrogens with zero attached hydrogens (tertiary/aromatic N) is 4. The molecule has 146 valence electrons. The van der Waals surface area contributed by atoms with E-state index in [1.165, 1.54) is 16.4 Å². The lowest BCUT2D eigenvalue weighted by atomic mass is 10.2. The zero-order chi connectivity index (χ0) is 19.7. The lowest BCUT2D eigenvalue weighted by molar-refractivity contribution is 0.189. The predicted molar refractivity (Wildman–Crippen MR) is 105 cm³/mol. The Morgan fingerprint density at radius 2 is 1.71 bits per heavy atom. The van der Waals surface area contributed by atoms with Gasteiger partial charge < -0.3 is 4.74 Å². The van der Waals surface area contributed by atoms with Crippen molar-refractivity contribution in [1.29, 1.82) is 0 Å². The van der Waals surface area contributed by atoms with E-state index in [0.29, 0.717) is 5.69 Å². The number of rotatable bonds is 6. The van der Waals surface area contributed by atoms with E-state index < -0.39 is 10.0 Å². The van der Waals surface area contributed by atoms with Gasteiger partial charge in [0.2, 0.25) is 10.0 Å². The van der Waals surface area contributed by atoms with E-state index in [1.807, 2.05) is 30.3 Å². The number of sulfonamides is 1. The van der Waals surface area contributed by atoms with Gasteiger partial charge in [0, 0.05) is 13.1 Å². The van der Waals surface area contributed by atoms with Crippen LogP contribution in [0.3, 0.4) is 0 Å². The Labute approximate surface area is 172 Å². The fraction of sp³-hybridized carbons (Fsp3) is 0.222. The largest absolute Gasteiger partial charge is 0.487 e. The number of hydrogen-bond acceptors (Lipinski definition) is 5. The summed E-state index contributed by atoms with van der Waals surface area (Å²) in [5.41, 5.74) is 0.666. The quantitative estimate of drug-likeness (QED) is 0.589. The van der Waals surface area contributed by atoms with Crippen molar-refractivity contribution in [2.24, 2.45) is 0 Å². The molecule has 0 bridgehead atoms. The van der Waals surface area contributed by atoms with E-state index in [-0.39, 0.29) is 40.7 Å². The van der Waals surface area contributed by atoms with E-state index in [0.717, 1.165) is 5.75 Å². The van der Waals surface area contributed by atoms with Gasteiger partial charge >= 0.3 is 0 Å². The van der Waals surface area contributed by atoms with Gasteiger partial charge in [-0.1, -0.05) is 52.7 Å². The van der Waals surface area contributed by atoms with Crippen LogP contribution in [0.25, 0.3) is 0 Å². The van der Waals surface area contributed by atoms with Crippen molar-refractivity contribution in [3.63, 3.8) is 0 Å². The summed E-state index contributed by atoms with van der Waals surface area (Å²) in [7, 11) is -3.76. The molecule has 4 rings (SSSR count). The molecular weight excluding hydrogens is 423 g/mol. The summed E-state index contributed by atoms with van der Waals surface area (Å²) >= 11 is 12.1. The molecule has 28 heavy (non-hydrogen) atoms. The van der Waals surface area contributed by atoms with Gasteiger partial charge in [0.25, 0.3) is 0 Å². The summed E-state index contributed by atoms with van der Waals surface area (Å²) in [4.78, 5) is -0.0627. The monoisotopic (exact) mass is 438 g/mol. The number of benzene rings is 2. The highest BCUT2D eigenvalue weighted by molar-refractivity contribution is 7.89. The van der Waals surface area contributed by atoms with Gasteiger partial charge in [0.05, 0.1) is 22.3 Å². The number of para-hydroxylation sites is 1. The van der Waals surface area contributed by atoms with E-state index in [2.05, 4.69) is 10.3 Å². The molecule has 0 atom stereocenters. The minimum absolute atomic E-state index is 0.0627. The Balaban J connectivity index is 1.40. The van der Waals surface area contributed by atoms with Crippen molar-refractivity contribution in [2.45, 2.75) is 17.5 Å². The number of hydrogen-bond donors (Lipinski definition) is 0.